The largest absolute Gasteiger partial charge is 0.508 e. The van der Waals surface area contributed by atoms with Crippen LogP contribution in [-0.4, -0.2) is 5.11 Å². The van der Waals surface area contributed by atoms with E-state index in [4.69, 9.17) is 5.73 Å². The zero-order valence-corrected chi connectivity index (χ0v) is 7.17. The smallest absolute Gasteiger partial charge is 0.118 e. The third-order valence-corrected chi connectivity index (χ3v) is 2.58. The molecule has 1 unspecified atom stereocenters. The van der Waals surface area contributed by atoms with Crippen molar-refractivity contribution in [3.63, 3.8) is 0 Å². The second-order valence-corrected chi connectivity index (χ2v) is 3.48. The predicted molar refractivity (Wildman–Crippen MR) is 48.1 cm³/mol. The van der Waals surface area contributed by atoms with Crippen LogP contribution in [0.25, 0.3) is 0 Å². The molecular weight excluding hydrogens is 150 g/mol. The van der Waals surface area contributed by atoms with E-state index in [0.717, 1.165) is 24.0 Å². The molecule has 0 heterocycles. The summed E-state index contributed by atoms with van der Waals surface area (Å²) in [5, 5.41) is 9.45. The van der Waals surface area contributed by atoms with Gasteiger partial charge in [-0.2, -0.15) is 0 Å². The van der Waals surface area contributed by atoms with Gasteiger partial charge in [0.15, 0.2) is 0 Å². The van der Waals surface area contributed by atoms with E-state index in [2.05, 4.69) is 0 Å². The maximum Gasteiger partial charge on any atom is 0.118 e. The van der Waals surface area contributed by atoms with Gasteiger partial charge >= 0.3 is 0 Å². The van der Waals surface area contributed by atoms with Gasteiger partial charge in [0.05, 0.1) is 0 Å². The highest BCUT2D eigenvalue weighted by atomic mass is 16.3. The molecule has 0 amide bonds. The number of fused-ring (bicyclic) bond motifs is 1. The van der Waals surface area contributed by atoms with Crippen LogP contribution in [0.15, 0.2) is 12.1 Å². The normalized spacial score (nSPS) is 21.0. The molecule has 1 aromatic rings. The minimum atomic E-state index is 0.131. The molecule has 1 aromatic carbocycles. The van der Waals surface area contributed by atoms with Gasteiger partial charge in [-0.25, -0.2) is 0 Å². The minimum Gasteiger partial charge on any atom is -0.508 e. The molecule has 12 heavy (non-hydrogen) atoms. The maximum atomic E-state index is 9.45. The van der Waals surface area contributed by atoms with E-state index in [1.165, 1.54) is 5.56 Å². The fourth-order valence-corrected chi connectivity index (χ4v) is 1.80. The molecule has 1 aliphatic rings. The first-order chi connectivity index (χ1) is 5.68. The van der Waals surface area contributed by atoms with Gasteiger partial charge in [0.1, 0.15) is 5.75 Å². The van der Waals surface area contributed by atoms with Crippen molar-refractivity contribution in [1.82, 2.24) is 0 Å². The van der Waals surface area contributed by atoms with Gasteiger partial charge in [-0.15, -0.1) is 0 Å². The molecule has 2 nitrogen and oxygen atoms in total. The van der Waals surface area contributed by atoms with Crippen LogP contribution in [0, 0.1) is 6.92 Å². The molecular formula is C10H13NO. The van der Waals surface area contributed by atoms with E-state index in [-0.39, 0.29) is 6.04 Å². The molecule has 0 bridgehead atoms. The Hall–Kier alpha value is -1.02. The van der Waals surface area contributed by atoms with Crippen LogP contribution in [-0.2, 0) is 6.42 Å². The Kier molecular flexibility index (Phi) is 1.58. The average Bonchev–Trinajstić information content (AvgIpc) is 2.35. The number of aryl methyl sites for hydroxylation is 2. The van der Waals surface area contributed by atoms with Crippen molar-refractivity contribution >= 4 is 0 Å². The summed E-state index contributed by atoms with van der Waals surface area (Å²) in [6.07, 6.45) is 2.07. The van der Waals surface area contributed by atoms with Crippen LogP contribution in [0.4, 0.5) is 0 Å². The van der Waals surface area contributed by atoms with E-state index >= 15 is 0 Å². The molecule has 0 saturated heterocycles. The van der Waals surface area contributed by atoms with Gasteiger partial charge < -0.3 is 10.8 Å². The third kappa shape index (κ3) is 0.994. The van der Waals surface area contributed by atoms with Gasteiger partial charge in [-0.05, 0) is 42.5 Å². The van der Waals surface area contributed by atoms with Crippen LogP contribution >= 0.6 is 0 Å². The summed E-state index contributed by atoms with van der Waals surface area (Å²) in [4.78, 5) is 0. The van der Waals surface area contributed by atoms with E-state index < -0.39 is 0 Å². The Morgan fingerprint density at radius 3 is 3.00 bits per heavy atom. The molecule has 0 spiro atoms. The first-order valence-electron chi connectivity index (χ1n) is 4.26. The molecule has 3 N–H and O–H groups in total. The molecule has 0 radical (unpaired) electrons. The summed E-state index contributed by atoms with van der Waals surface area (Å²) in [6.45, 7) is 1.92. The highest BCUT2D eigenvalue weighted by molar-refractivity contribution is 5.44. The maximum absolute atomic E-state index is 9.45. The van der Waals surface area contributed by atoms with Crippen molar-refractivity contribution in [2.75, 3.05) is 0 Å². The van der Waals surface area contributed by atoms with Crippen LogP contribution in [0.3, 0.4) is 0 Å². The Morgan fingerprint density at radius 1 is 1.50 bits per heavy atom. The number of aromatic hydroxyl groups is 1. The molecule has 2 heteroatoms. The zero-order valence-electron chi connectivity index (χ0n) is 7.17. The van der Waals surface area contributed by atoms with Crippen molar-refractivity contribution in [2.24, 2.45) is 5.73 Å². The molecule has 0 aromatic heterocycles. The first kappa shape index (κ1) is 7.62. The lowest BCUT2D eigenvalue weighted by Crippen LogP contribution is -2.04. The number of rotatable bonds is 0. The first-order valence-corrected chi connectivity index (χ1v) is 4.26. The summed E-state index contributed by atoms with van der Waals surface area (Å²) >= 11 is 0. The number of nitrogens with two attached hydrogens (primary N) is 1. The van der Waals surface area contributed by atoms with Gasteiger partial charge in [0.2, 0.25) is 0 Å². The molecule has 1 aliphatic carbocycles. The van der Waals surface area contributed by atoms with E-state index in [9.17, 15) is 5.11 Å². The monoisotopic (exact) mass is 163 g/mol. The third-order valence-electron chi connectivity index (χ3n) is 2.58. The van der Waals surface area contributed by atoms with Gasteiger partial charge in [-0.3, -0.25) is 0 Å². The van der Waals surface area contributed by atoms with E-state index in [0.29, 0.717) is 5.75 Å². The average molecular weight is 163 g/mol. The highest BCUT2D eigenvalue weighted by Crippen LogP contribution is 2.33. The highest BCUT2D eigenvalue weighted by Gasteiger charge is 2.19. The van der Waals surface area contributed by atoms with Crippen LogP contribution < -0.4 is 5.73 Å². The molecule has 2 rings (SSSR count). The lowest BCUT2D eigenvalue weighted by Gasteiger charge is -2.06. The summed E-state index contributed by atoms with van der Waals surface area (Å²) in [7, 11) is 0. The Labute approximate surface area is 72.0 Å². The Bertz CT molecular complexity index is 320. The standard InChI is InChI=1S/C10H13NO/c1-6-4-7-2-3-9(11)8(7)5-10(6)12/h4-5,9,12H,2-3,11H2,1H3. The Balaban J connectivity index is 2.56. The lowest BCUT2D eigenvalue weighted by atomic mass is 10.0. The van der Waals surface area contributed by atoms with Crippen molar-refractivity contribution < 1.29 is 5.11 Å². The molecule has 1 atom stereocenters. The second kappa shape index (κ2) is 2.49. The molecule has 0 fully saturated rings. The zero-order chi connectivity index (χ0) is 8.72. The number of phenols is 1. The van der Waals surface area contributed by atoms with Crippen molar-refractivity contribution in [3.05, 3.63) is 28.8 Å². The fourth-order valence-electron chi connectivity index (χ4n) is 1.80. The fraction of sp³-hybridized carbons (Fsp3) is 0.400. The van der Waals surface area contributed by atoms with Crippen LogP contribution in [0.5, 0.6) is 5.75 Å². The van der Waals surface area contributed by atoms with Gasteiger partial charge in [0.25, 0.3) is 0 Å². The predicted octanol–water partition coefficient (Wildman–Crippen LogP) is 1.65. The van der Waals surface area contributed by atoms with Gasteiger partial charge in [0, 0.05) is 6.04 Å². The van der Waals surface area contributed by atoms with Gasteiger partial charge in [-0.1, -0.05) is 6.07 Å². The number of hydrogen-bond donors (Lipinski definition) is 2. The quantitative estimate of drug-likeness (QED) is 0.610. The number of phenolic OH excluding ortho intramolecular Hbond substituents is 1. The Morgan fingerprint density at radius 2 is 2.25 bits per heavy atom. The van der Waals surface area contributed by atoms with E-state index in [1.807, 2.05) is 19.1 Å². The lowest BCUT2D eigenvalue weighted by molar-refractivity contribution is 0.470. The van der Waals surface area contributed by atoms with Crippen LogP contribution in [0.1, 0.15) is 29.2 Å². The van der Waals surface area contributed by atoms with Crippen molar-refractivity contribution in [1.29, 1.82) is 0 Å². The van der Waals surface area contributed by atoms with Crippen LogP contribution in [0.2, 0.25) is 0 Å². The summed E-state index contributed by atoms with van der Waals surface area (Å²) in [5.74, 6) is 0.367. The molecule has 0 saturated carbocycles. The summed E-state index contributed by atoms with van der Waals surface area (Å²) in [6, 6.07) is 3.98. The van der Waals surface area contributed by atoms with Crippen molar-refractivity contribution in [3.8, 4) is 5.75 Å². The summed E-state index contributed by atoms with van der Waals surface area (Å²) < 4.78 is 0. The molecule has 64 valence electrons. The van der Waals surface area contributed by atoms with E-state index in [1.54, 1.807) is 0 Å². The van der Waals surface area contributed by atoms with Crippen molar-refractivity contribution in [2.45, 2.75) is 25.8 Å². The molecule has 0 aliphatic heterocycles. The minimum absolute atomic E-state index is 0.131. The SMILES string of the molecule is Cc1cc2c(cc1O)C(N)CC2. The number of hydrogen-bond acceptors (Lipinski definition) is 2. The topological polar surface area (TPSA) is 46.2 Å². The summed E-state index contributed by atoms with van der Waals surface area (Å²) in [5.41, 5.74) is 9.23. The number of benzene rings is 1. The second-order valence-electron chi connectivity index (χ2n) is 3.48.